The largest absolute Gasteiger partial charge is 0.371 e. The second-order valence-corrected chi connectivity index (χ2v) is 8.95. The van der Waals surface area contributed by atoms with E-state index in [0.29, 0.717) is 36.8 Å². The summed E-state index contributed by atoms with van der Waals surface area (Å²) in [5, 5.41) is 13.1. The molecule has 0 aliphatic carbocycles. The average Bonchev–Trinajstić information content (AvgIpc) is 3.41. The minimum Gasteiger partial charge on any atom is -0.338 e. The van der Waals surface area contributed by atoms with Gasteiger partial charge in [-0.1, -0.05) is 5.10 Å². The molecule has 0 atom stereocenters. The first-order valence-corrected chi connectivity index (χ1v) is 11.8. The number of rotatable bonds is 5. The van der Waals surface area contributed by atoms with Crippen LogP contribution in [0, 0.1) is 0 Å². The number of carbonyl (C=O) groups excluding carboxylic acids is 2. The third-order valence-corrected chi connectivity index (χ3v) is 6.60. The predicted molar refractivity (Wildman–Crippen MR) is 125 cm³/mol. The molecular weight excluding hydrogens is 426 g/mol. The Hall–Kier alpha value is -3.14. The number of thiazole rings is 1. The highest BCUT2D eigenvalue weighted by Crippen LogP contribution is 2.31. The van der Waals surface area contributed by atoms with Gasteiger partial charge in [0, 0.05) is 37.4 Å². The monoisotopic (exact) mass is 454 g/mol. The minimum atomic E-state index is -0.265. The zero-order valence-electron chi connectivity index (χ0n) is 18.6. The van der Waals surface area contributed by atoms with Gasteiger partial charge in [0.25, 0.3) is 5.91 Å². The Morgan fingerprint density at radius 3 is 2.75 bits per heavy atom. The van der Waals surface area contributed by atoms with Crippen LogP contribution in [0.2, 0.25) is 0 Å². The molecule has 10 heteroatoms. The van der Waals surface area contributed by atoms with Gasteiger partial charge >= 0.3 is 11.8 Å². The first kappa shape index (κ1) is 22.1. The number of anilines is 1. The maximum absolute atomic E-state index is 12.9. The zero-order chi connectivity index (χ0) is 22.7. The highest BCUT2D eigenvalue weighted by Gasteiger charge is 2.28. The first-order valence-electron chi connectivity index (χ1n) is 10.9. The maximum atomic E-state index is 12.9. The van der Waals surface area contributed by atoms with Gasteiger partial charge in [-0.05, 0) is 50.7 Å². The Labute approximate surface area is 191 Å². The second kappa shape index (κ2) is 9.56. The van der Waals surface area contributed by atoms with E-state index in [1.165, 1.54) is 11.3 Å². The molecule has 9 nitrogen and oxygen atoms in total. The van der Waals surface area contributed by atoms with Crippen molar-refractivity contribution in [3.05, 3.63) is 34.4 Å². The molecule has 2 aromatic rings. The molecule has 2 aromatic heterocycles. The van der Waals surface area contributed by atoms with Crippen LogP contribution in [0.25, 0.3) is 0 Å². The van der Waals surface area contributed by atoms with E-state index in [1.807, 2.05) is 31.7 Å². The number of nitrogens with one attached hydrogen (secondary N) is 2. The lowest BCUT2D eigenvalue weighted by Crippen LogP contribution is -2.44. The molecule has 0 bridgehead atoms. The number of aromatic nitrogens is 2. The summed E-state index contributed by atoms with van der Waals surface area (Å²) in [5.41, 5.74) is 3.06. The van der Waals surface area contributed by atoms with Crippen LogP contribution in [0.15, 0.2) is 28.8 Å². The topological polar surface area (TPSA) is 103 Å². The van der Waals surface area contributed by atoms with E-state index < -0.39 is 0 Å². The fourth-order valence-corrected chi connectivity index (χ4v) is 4.96. The number of likely N-dealkylation sites (tertiary alicyclic amines) is 1. The summed E-state index contributed by atoms with van der Waals surface area (Å²) in [4.78, 5) is 35.8. The lowest BCUT2D eigenvalue weighted by molar-refractivity contribution is -0.446. The van der Waals surface area contributed by atoms with E-state index in [9.17, 15) is 9.59 Å². The molecule has 0 saturated carbocycles. The van der Waals surface area contributed by atoms with Gasteiger partial charge in [0.05, 0.1) is 10.7 Å². The molecule has 0 radical (unpaired) electrons. The smallest absolute Gasteiger partial charge is 0.338 e. The predicted octanol–water partition coefficient (Wildman–Crippen LogP) is 3.58. The van der Waals surface area contributed by atoms with Crippen molar-refractivity contribution in [1.29, 1.82) is 0 Å². The SMILES string of the molecule is CCNC(=O)N1CCC(c2nc(C(=O)Nc3cccnc3[N+]3=C(C)CC(C)=N3)cs2)CC1. The number of carbonyl (C=O) groups is 2. The van der Waals surface area contributed by atoms with Crippen molar-refractivity contribution in [3.63, 3.8) is 0 Å². The zero-order valence-corrected chi connectivity index (χ0v) is 19.4. The number of nitrogens with zero attached hydrogens (tertiary/aromatic N) is 5. The molecule has 4 rings (SSSR count). The molecule has 0 unspecified atom stereocenters. The molecule has 0 aromatic carbocycles. The fourth-order valence-electron chi connectivity index (χ4n) is 3.99. The van der Waals surface area contributed by atoms with E-state index in [4.69, 9.17) is 0 Å². The first-order chi connectivity index (χ1) is 15.5. The third kappa shape index (κ3) is 4.69. The summed E-state index contributed by atoms with van der Waals surface area (Å²) in [6.45, 7) is 7.92. The lowest BCUT2D eigenvalue weighted by Gasteiger charge is -2.31. The van der Waals surface area contributed by atoms with Crippen LogP contribution in [-0.2, 0) is 0 Å². The molecule has 168 valence electrons. The molecule has 4 heterocycles. The van der Waals surface area contributed by atoms with Gasteiger partial charge in [-0.15, -0.1) is 16.0 Å². The Morgan fingerprint density at radius 1 is 1.28 bits per heavy atom. The van der Waals surface area contributed by atoms with E-state index >= 15 is 0 Å². The van der Waals surface area contributed by atoms with Crippen LogP contribution in [-0.4, -0.2) is 62.5 Å². The molecule has 2 aliphatic heterocycles. The van der Waals surface area contributed by atoms with Crippen LogP contribution in [0.1, 0.15) is 61.4 Å². The van der Waals surface area contributed by atoms with Crippen molar-refractivity contribution in [3.8, 4) is 0 Å². The fraction of sp³-hybridized carbons (Fsp3) is 0.455. The van der Waals surface area contributed by atoms with Gasteiger partial charge < -0.3 is 15.5 Å². The van der Waals surface area contributed by atoms with Crippen LogP contribution in [0.5, 0.6) is 0 Å². The van der Waals surface area contributed by atoms with Crippen LogP contribution < -0.4 is 10.6 Å². The van der Waals surface area contributed by atoms with Crippen molar-refractivity contribution in [1.82, 2.24) is 20.2 Å². The number of hydrazone groups is 1. The van der Waals surface area contributed by atoms with Gasteiger partial charge in [0.1, 0.15) is 23.3 Å². The van der Waals surface area contributed by atoms with Crippen molar-refractivity contribution in [2.75, 3.05) is 25.0 Å². The number of hydrogen-bond donors (Lipinski definition) is 2. The van der Waals surface area contributed by atoms with Crippen LogP contribution in [0.4, 0.5) is 16.3 Å². The van der Waals surface area contributed by atoms with E-state index in [-0.39, 0.29) is 17.9 Å². The van der Waals surface area contributed by atoms with E-state index in [2.05, 4.69) is 25.7 Å². The summed E-state index contributed by atoms with van der Waals surface area (Å²) in [5.74, 6) is 0.600. The third-order valence-electron chi connectivity index (χ3n) is 5.59. The molecule has 3 amide bonds. The normalized spacial score (nSPS) is 16.8. The van der Waals surface area contributed by atoms with Crippen LogP contribution >= 0.6 is 11.3 Å². The summed E-state index contributed by atoms with van der Waals surface area (Å²) in [6, 6.07) is 3.60. The molecule has 2 aliphatic rings. The second-order valence-electron chi connectivity index (χ2n) is 8.06. The molecule has 32 heavy (non-hydrogen) atoms. The molecule has 0 spiro atoms. The quantitative estimate of drug-likeness (QED) is 0.674. The molecular formula is C22H28N7O2S+. The standard InChI is InChI=1S/C22H27N7O2S/c1-4-23-22(31)28-10-7-16(8-11-28)21-26-18(13-32-21)20(30)25-17-6-5-9-24-19(17)29-15(3)12-14(2)27-29/h5-6,9,13,16H,4,7-8,10-12H2,1-3H3,(H-,23,25,30,31)/p+1. The van der Waals surface area contributed by atoms with Gasteiger partial charge in [0.2, 0.25) is 0 Å². The summed E-state index contributed by atoms with van der Waals surface area (Å²) >= 11 is 1.50. The number of urea groups is 1. The number of amides is 3. The Balaban J connectivity index is 1.43. The lowest BCUT2D eigenvalue weighted by atomic mass is 9.98. The Kier molecular flexibility index (Phi) is 6.59. The maximum Gasteiger partial charge on any atom is 0.371 e. The van der Waals surface area contributed by atoms with Gasteiger partial charge in [0.15, 0.2) is 0 Å². The molecule has 2 N–H and O–H groups in total. The number of pyridine rings is 1. The van der Waals surface area contributed by atoms with E-state index in [1.54, 1.807) is 22.3 Å². The van der Waals surface area contributed by atoms with Crippen molar-refractivity contribution < 1.29 is 14.3 Å². The Morgan fingerprint density at radius 2 is 2.06 bits per heavy atom. The highest BCUT2D eigenvalue weighted by atomic mass is 32.1. The highest BCUT2D eigenvalue weighted by molar-refractivity contribution is 7.10. The average molecular weight is 455 g/mol. The Bertz CT molecular complexity index is 1080. The number of piperidine rings is 1. The number of hydrogen-bond acceptors (Lipinski definition) is 6. The van der Waals surface area contributed by atoms with E-state index in [0.717, 1.165) is 35.7 Å². The minimum absolute atomic E-state index is 0.0116. The van der Waals surface area contributed by atoms with Crippen LogP contribution in [0.3, 0.4) is 0 Å². The summed E-state index contributed by atoms with van der Waals surface area (Å²) in [6.07, 6.45) is 4.17. The summed E-state index contributed by atoms with van der Waals surface area (Å²) < 4.78 is 1.78. The van der Waals surface area contributed by atoms with Crippen molar-refractivity contribution >= 4 is 46.2 Å². The molecule has 1 fully saturated rings. The van der Waals surface area contributed by atoms with Gasteiger partial charge in [-0.3, -0.25) is 4.79 Å². The van der Waals surface area contributed by atoms with Crippen molar-refractivity contribution in [2.24, 2.45) is 5.10 Å². The molecule has 1 saturated heterocycles. The summed E-state index contributed by atoms with van der Waals surface area (Å²) in [7, 11) is 0. The van der Waals surface area contributed by atoms with Crippen molar-refractivity contribution in [2.45, 2.75) is 46.0 Å². The van der Waals surface area contributed by atoms with Gasteiger partial charge in [-0.2, -0.15) is 0 Å². The van der Waals surface area contributed by atoms with Gasteiger partial charge in [-0.25, -0.2) is 9.78 Å².